The van der Waals surface area contributed by atoms with Crippen LogP contribution in [0.2, 0.25) is 0 Å². The Morgan fingerprint density at radius 3 is 2.46 bits per heavy atom. The third-order valence-corrected chi connectivity index (χ3v) is 7.97. The van der Waals surface area contributed by atoms with Gasteiger partial charge in [-0.1, -0.05) is 36.4 Å². The van der Waals surface area contributed by atoms with Gasteiger partial charge in [0.15, 0.2) is 0 Å². The molecule has 3 aliphatic heterocycles. The number of nitrogens with zero attached hydrogens (tertiary/aromatic N) is 3. The fraction of sp³-hybridized carbons (Fsp3) is 0.233. The van der Waals surface area contributed by atoms with Gasteiger partial charge in [0.05, 0.1) is 33.9 Å². The number of imidazole rings is 1. The highest BCUT2D eigenvalue weighted by atomic mass is 16.1. The van der Waals surface area contributed by atoms with Crippen LogP contribution in [0.25, 0.3) is 44.5 Å². The second-order valence-corrected chi connectivity index (χ2v) is 10.1. The minimum atomic E-state index is -0.174. The minimum Gasteiger partial charge on any atom is -0.379 e. The second kappa shape index (κ2) is 8.61. The lowest BCUT2D eigenvalue weighted by Crippen LogP contribution is -2.53. The zero-order valence-corrected chi connectivity index (χ0v) is 20.3. The number of hydrogen-bond acceptors (Lipinski definition) is 5. The van der Waals surface area contributed by atoms with Crippen LogP contribution in [0, 0.1) is 17.2 Å². The lowest BCUT2D eigenvalue weighted by molar-refractivity contribution is 0.0976. The van der Waals surface area contributed by atoms with Crippen LogP contribution >= 0.6 is 0 Å². The van der Waals surface area contributed by atoms with Gasteiger partial charge < -0.3 is 20.2 Å². The van der Waals surface area contributed by atoms with Crippen LogP contribution in [0.15, 0.2) is 71.5 Å². The van der Waals surface area contributed by atoms with Gasteiger partial charge in [0.2, 0.25) is 0 Å². The van der Waals surface area contributed by atoms with Crippen molar-refractivity contribution >= 4 is 27.6 Å². The van der Waals surface area contributed by atoms with E-state index < -0.39 is 0 Å². The zero-order valence-electron chi connectivity index (χ0n) is 20.3. The molecule has 182 valence electrons. The zero-order chi connectivity index (χ0) is 24.9. The molecule has 0 spiro atoms. The van der Waals surface area contributed by atoms with Crippen molar-refractivity contribution < 1.29 is 0 Å². The summed E-state index contributed by atoms with van der Waals surface area (Å²) in [6.45, 7) is 3.30. The Morgan fingerprint density at radius 2 is 1.73 bits per heavy atom. The van der Waals surface area contributed by atoms with Gasteiger partial charge in [0.1, 0.15) is 11.4 Å². The predicted molar refractivity (Wildman–Crippen MR) is 146 cm³/mol. The Balaban J connectivity index is 1.39. The Labute approximate surface area is 213 Å². The third kappa shape index (κ3) is 3.78. The van der Waals surface area contributed by atoms with Crippen LogP contribution < -0.4 is 10.9 Å². The number of aromatic nitrogens is 3. The normalized spacial score (nSPS) is 20.8. The number of para-hydroxylation sites is 2. The van der Waals surface area contributed by atoms with Crippen LogP contribution in [0.4, 0.5) is 5.69 Å². The number of benzene rings is 3. The average Bonchev–Trinajstić information content (AvgIpc) is 3.37. The first-order valence-corrected chi connectivity index (χ1v) is 12.8. The molecule has 5 aromatic rings. The summed E-state index contributed by atoms with van der Waals surface area (Å²) in [5.41, 5.74) is 6.33. The summed E-state index contributed by atoms with van der Waals surface area (Å²) in [5.74, 6) is 1.17. The molecule has 3 N–H and O–H groups in total. The van der Waals surface area contributed by atoms with Crippen molar-refractivity contribution in [3.63, 3.8) is 0 Å². The number of fused-ring (bicyclic) bond motifs is 5. The van der Waals surface area contributed by atoms with Crippen LogP contribution in [0.3, 0.4) is 0 Å². The quantitative estimate of drug-likeness (QED) is 0.328. The average molecular weight is 487 g/mol. The third-order valence-electron chi connectivity index (χ3n) is 7.97. The fourth-order valence-corrected chi connectivity index (χ4v) is 5.98. The van der Waals surface area contributed by atoms with Gasteiger partial charge in [0, 0.05) is 18.0 Å². The van der Waals surface area contributed by atoms with Crippen LogP contribution in [-0.2, 0) is 0 Å². The molecule has 3 fully saturated rings. The summed E-state index contributed by atoms with van der Waals surface area (Å²) in [6.07, 6.45) is 2.36. The van der Waals surface area contributed by atoms with Crippen molar-refractivity contribution in [1.82, 2.24) is 19.9 Å². The maximum Gasteiger partial charge on any atom is 0.261 e. The van der Waals surface area contributed by atoms with E-state index in [1.54, 1.807) is 0 Å². The summed E-state index contributed by atoms with van der Waals surface area (Å²) >= 11 is 0. The first-order chi connectivity index (χ1) is 18.2. The molecule has 37 heavy (non-hydrogen) atoms. The van der Waals surface area contributed by atoms with Gasteiger partial charge in [-0.2, -0.15) is 5.26 Å². The monoisotopic (exact) mass is 486 g/mol. The highest BCUT2D eigenvalue weighted by Gasteiger charge is 2.35. The van der Waals surface area contributed by atoms with Crippen molar-refractivity contribution in [2.24, 2.45) is 5.92 Å². The molecule has 0 unspecified atom stereocenters. The first kappa shape index (κ1) is 21.8. The van der Waals surface area contributed by atoms with Gasteiger partial charge in [-0.15, -0.1) is 0 Å². The van der Waals surface area contributed by atoms with Gasteiger partial charge in [-0.05, 0) is 73.3 Å². The number of nitriles is 1. The van der Waals surface area contributed by atoms with Gasteiger partial charge in [0.25, 0.3) is 5.56 Å². The SMILES string of the molecule is N#Cc1ccc(-c2ccc3c(N[C@H]4CN5CCC4CC5)c(-c4nc5ccccc5[nH]4)c(=O)[nH]c3c2)cc1. The summed E-state index contributed by atoms with van der Waals surface area (Å²) in [5, 5.41) is 13.9. The number of H-pyrrole nitrogens is 2. The molecule has 0 aliphatic carbocycles. The lowest BCUT2D eigenvalue weighted by atomic mass is 9.83. The molecule has 3 aromatic carbocycles. The largest absolute Gasteiger partial charge is 0.379 e. The van der Waals surface area contributed by atoms with E-state index in [-0.39, 0.29) is 11.6 Å². The number of anilines is 1. The van der Waals surface area contributed by atoms with Crippen molar-refractivity contribution in [3.05, 3.63) is 82.6 Å². The molecule has 3 saturated heterocycles. The molecule has 0 radical (unpaired) electrons. The van der Waals surface area contributed by atoms with E-state index in [4.69, 9.17) is 10.2 Å². The predicted octanol–water partition coefficient (Wildman–Crippen LogP) is 5.12. The lowest BCUT2D eigenvalue weighted by Gasteiger charge is -2.45. The standard InChI is InChI=1S/C30H26N6O/c31-16-18-5-7-19(8-6-18)21-9-10-22-25(15-21)35-30(37)27(29-33-23-3-1-2-4-24(23)34-29)28(22)32-26-17-36-13-11-20(26)12-14-36/h1-10,15,20,26H,11-14,17H2,(H,33,34)(H2,32,35,37)/t26-/m0/s1. The van der Waals surface area contributed by atoms with Gasteiger partial charge in [-0.3, -0.25) is 4.79 Å². The number of piperidine rings is 3. The molecule has 7 heteroatoms. The maximum absolute atomic E-state index is 13.7. The van der Waals surface area contributed by atoms with Crippen LogP contribution in [-0.4, -0.2) is 45.5 Å². The molecule has 8 rings (SSSR count). The van der Waals surface area contributed by atoms with Crippen molar-refractivity contribution in [2.75, 3.05) is 25.0 Å². The first-order valence-electron chi connectivity index (χ1n) is 12.8. The molecule has 2 bridgehead atoms. The van der Waals surface area contributed by atoms with Gasteiger partial charge >= 0.3 is 0 Å². The molecule has 2 aromatic heterocycles. The van der Waals surface area contributed by atoms with E-state index >= 15 is 0 Å². The van der Waals surface area contributed by atoms with Crippen molar-refractivity contribution in [1.29, 1.82) is 5.26 Å². The van der Waals surface area contributed by atoms with E-state index in [1.165, 1.54) is 12.8 Å². The number of rotatable bonds is 4. The minimum absolute atomic E-state index is 0.174. The van der Waals surface area contributed by atoms with Crippen LogP contribution in [0.1, 0.15) is 18.4 Å². The number of nitrogens with one attached hydrogen (secondary N) is 3. The summed E-state index contributed by atoms with van der Waals surface area (Å²) in [7, 11) is 0. The summed E-state index contributed by atoms with van der Waals surface area (Å²) in [4.78, 5) is 27.5. The molecule has 0 saturated carbocycles. The van der Waals surface area contributed by atoms with E-state index in [0.29, 0.717) is 22.9 Å². The van der Waals surface area contributed by atoms with Crippen LogP contribution in [0.5, 0.6) is 0 Å². The molecular formula is C30H26N6O. The van der Waals surface area contributed by atoms with Crippen molar-refractivity contribution in [2.45, 2.75) is 18.9 Å². The Morgan fingerprint density at radius 1 is 0.946 bits per heavy atom. The van der Waals surface area contributed by atoms with E-state index in [9.17, 15) is 4.79 Å². The Hall–Kier alpha value is -4.41. The summed E-state index contributed by atoms with van der Waals surface area (Å²) < 4.78 is 0. The number of pyridine rings is 1. The second-order valence-electron chi connectivity index (χ2n) is 10.1. The number of aromatic amines is 2. The summed E-state index contributed by atoms with van der Waals surface area (Å²) in [6, 6.07) is 24.0. The fourth-order valence-electron chi connectivity index (χ4n) is 5.98. The van der Waals surface area contributed by atoms with E-state index in [1.807, 2.05) is 54.6 Å². The molecule has 1 atom stereocenters. The molecular weight excluding hydrogens is 460 g/mol. The highest BCUT2D eigenvalue weighted by Crippen LogP contribution is 2.36. The van der Waals surface area contributed by atoms with Crippen molar-refractivity contribution in [3.8, 4) is 28.6 Å². The van der Waals surface area contributed by atoms with Gasteiger partial charge in [-0.25, -0.2) is 4.98 Å². The highest BCUT2D eigenvalue weighted by molar-refractivity contribution is 6.00. The Bertz CT molecular complexity index is 1700. The topological polar surface area (TPSA) is 101 Å². The molecule has 7 nitrogen and oxygen atoms in total. The maximum atomic E-state index is 13.7. The number of hydrogen-bond donors (Lipinski definition) is 3. The smallest absolute Gasteiger partial charge is 0.261 e. The molecule has 5 heterocycles. The Kier molecular flexibility index (Phi) is 5.08. The molecule has 0 amide bonds. The van der Waals surface area contributed by atoms with E-state index in [0.717, 1.165) is 58.4 Å². The molecule has 3 aliphatic rings. The van der Waals surface area contributed by atoms with E-state index in [2.05, 4.69) is 38.4 Å².